The molecule has 3 aliphatic rings. The lowest BCUT2D eigenvalue weighted by molar-refractivity contribution is -0.268. The first-order chi connectivity index (χ1) is 8.67. The van der Waals surface area contributed by atoms with Gasteiger partial charge in [-0.25, -0.2) is 0 Å². The van der Waals surface area contributed by atoms with Crippen molar-refractivity contribution in [2.24, 2.45) is 0 Å². The zero-order valence-corrected chi connectivity index (χ0v) is 11.6. The maximum atomic E-state index is 11.0. The number of rotatable bonds is 0. The molecule has 1 heterocycles. The minimum absolute atomic E-state index is 0.0466. The topological polar surface area (TPSA) is 23.5 Å². The van der Waals surface area contributed by atoms with Gasteiger partial charge in [-0.3, -0.25) is 0 Å². The Morgan fingerprint density at radius 1 is 0.778 bits per heavy atom. The Balaban J connectivity index is 1.89. The fourth-order valence-electron chi connectivity index (χ4n) is 4.84. The Morgan fingerprint density at radius 2 is 1.17 bits per heavy atom. The predicted molar refractivity (Wildman–Crippen MR) is 73.6 cm³/mol. The molecular weight excluding hydrogens is 222 g/mol. The molecule has 1 N–H and O–H groups in total. The van der Waals surface area contributed by atoms with E-state index in [2.05, 4.69) is 6.58 Å². The zero-order valence-electron chi connectivity index (χ0n) is 11.6. The molecule has 102 valence electrons. The van der Waals surface area contributed by atoms with E-state index in [-0.39, 0.29) is 11.1 Å². The van der Waals surface area contributed by atoms with E-state index in [0.717, 1.165) is 12.8 Å². The van der Waals surface area contributed by atoms with Gasteiger partial charge in [-0.1, -0.05) is 50.7 Å². The second kappa shape index (κ2) is 4.64. The molecule has 0 aromatic carbocycles. The molecule has 0 amide bonds. The molecule has 0 radical (unpaired) electrons. The van der Waals surface area contributed by atoms with Crippen LogP contribution in [-0.2, 0) is 0 Å². The fraction of sp³-hybridized carbons (Fsp3) is 0.875. The summed E-state index contributed by atoms with van der Waals surface area (Å²) in [4.78, 5) is 0. The number of nitrogens with zero attached hydrogens (tertiary/aromatic N) is 1. The van der Waals surface area contributed by atoms with E-state index in [1.165, 1.54) is 69.8 Å². The molecule has 1 aliphatic heterocycles. The van der Waals surface area contributed by atoms with Crippen LogP contribution in [0.4, 0.5) is 0 Å². The Kier molecular flexibility index (Phi) is 3.27. The molecule has 2 heteroatoms. The molecule has 18 heavy (non-hydrogen) atoms. The van der Waals surface area contributed by atoms with E-state index in [0.29, 0.717) is 0 Å². The average Bonchev–Trinajstić information content (AvgIpc) is 2.38. The molecule has 2 nitrogen and oxygen atoms in total. The van der Waals surface area contributed by atoms with Crippen molar-refractivity contribution in [3.8, 4) is 0 Å². The van der Waals surface area contributed by atoms with Gasteiger partial charge in [0.05, 0.1) is 11.1 Å². The third-order valence-corrected chi connectivity index (χ3v) is 5.63. The SMILES string of the molecule is C=C1CC2(CCCCC2)N(O)C2(CCCCC2)C1. The van der Waals surface area contributed by atoms with Crippen molar-refractivity contribution in [3.05, 3.63) is 12.2 Å². The second-order valence-corrected chi connectivity index (χ2v) is 6.99. The summed E-state index contributed by atoms with van der Waals surface area (Å²) >= 11 is 0. The lowest BCUT2D eigenvalue weighted by atomic mass is 9.65. The van der Waals surface area contributed by atoms with E-state index < -0.39 is 0 Å². The van der Waals surface area contributed by atoms with Gasteiger partial charge in [0.1, 0.15) is 0 Å². The molecule has 0 aromatic rings. The largest absolute Gasteiger partial charge is 0.313 e. The number of hydroxylamine groups is 2. The van der Waals surface area contributed by atoms with Crippen molar-refractivity contribution in [2.45, 2.75) is 88.1 Å². The molecule has 0 atom stereocenters. The van der Waals surface area contributed by atoms with Gasteiger partial charge in [0.15, 0.2) is 0 Å². The summed E-state index contributed by atoms with van der Waals surface area (Å²) < 4.78 is 0. The van der Waals surface area contributed by atoms with Gasteiger partial charge in [-0.2, -0.15) is 5.06 Å². The first-order valence-electron chi connectivity index (χ1n) is 7.83. The summed E-state index contributed by atoms with van der Waals surface area (Å²) in [6.45, 7) is 4.31. The van der Waals surface area contributed by atoms with Crippen LogP contribution in [0, 0.1) is 0 Å². The van der Waals surface area contributed by atoms with Crippen molar-refractivity contribution >= 4 is 0 Å². The lowest BCUT2D eigenvalue weighted by Crippen LogP contribution is -2.63. The standard InChI is InChI=1S/C16H27NO/c1-14-12-15(8-4-2-5-9-15)17(18)16(13-14)10-6-3-7-11-16/h18H,1-13H2. The minimum Gasteiger partial charge on any atom is -0.313 e. The van der Waals surface area contributed by atoms with Crippen LogP contribution >= 0.6 is 0 Å². The van der Waals surface area contributed by atoms with Gasteiger partial charge in [0.2, 0.25) is 0 Å². The molecule has 0 aromatic heterocycles. The molecule has 0 unspecified atom stereocenters. The van der Waals surface area contributed by atoms with Crippen molar-refractivity contribution < 1.29 is 5.21 Å². The molecule has 1 saturated heterocycles. The van der Waals surface area contributed by atoms with Gasteiger partial charge in [0, 0.05) is 0 Å². The molecule has 3 rings (SSSR count). The van der Waals surface area contributed by atoms with Crippen LogP contribution in [0.3, 0.4) is 0 Å². The van der Waals surface area contributed by atoms with Crippen LogP contribution in [-0.4, -0.2) is 21.3 Å². The summed E-state index contributed by atoms with van der Waals surface area (Å²) in [6.07, 6.45) is 14.5. The summed E-state index contributed by atoms with van der Waals surface area (Å²) in [5.74, 6) is 0. The molecule has 0 bridgehead atoms. The van der Waals surface area contributed by atoms with Crippen molar-refractivity contribution in [1.82, 2.24) is 5.06 Å². The third-order valence-electron chi connectivity index (χ3n) is 5.63. The van der Waals surface area contributed by atoms with Crippen molar-refractivity contribution in [3.63, 3.8) is 0 Å². The number of hydrogen-bond acceptors (Lipinski definition) is 2. The van der Waals surface area contributed by atoms with Crippen LogP contribution in [0.15, 0.2) is 12.2 Å². The minimum atomic E-state index is 0.0466. The Labute approximate surface area is 111 Å². The Morgan fingerprint density at radius 3 is 1.56 bits per heavy atom. The van der Waals surface area contributed by atoms with E-state index >= 15 is 0 Å². The average molecular weight is 249 g/mol. The van der Waals surface area contributed by atoms with Crippen LogP contribution < -0.4 is 0 Å². The monoisotopic (exact) mass is 249 g/mol. The maximum absolute atomic E-state index is 11.0. The van der Waals surface area contributed by atoms with Gasteiger partial charge in [-0.15, -0.1) is 0 Å². The first kappa shape index (κ1) is 12.7. The summed E-state index contributed by atoms with van der Waals surface area (Å²) in [7, 11) is 0. The Hall–Kier alpha value is -0.340. The molecule has 2 spiro atoms. The van der Waals surface area contributed by atoms with Gasteiger partial charge >= 0.3 is 0 Å². The normalized spacial score (nSPS) is 31.9. The highest BCUT2D eigenvalue weighted by atomic mass is 16.5. The fourth-order valence-corrected chi connectivity index (χ4v) is 4.84. The summed E-state index contributed by atoms with van der Waals surface area (Å²) in [5, 5.41) is 12.8. The summed E-state index contributed by atoms with van der Waals surface area (Å²) in [5.41, 5.74) is 1.49. The second-order valence-electron chi connectivity index (χ2n) is 6.99. The Bertz CT molecular complexity index is 294. The van der Waals surface area contributed by atoms with Crippen molar-refractivity contribution in [2.75, 3.05) is 0 Å². The van der Waals surface area contributed by atoms with Gasteiger partial charge < -0.3 is 5.21 Å². The first-order valence-corrected chi connectivity index (χ1v) is 7.83. The van der Waals surface area contributed by atoms with Gasteiger partial charge in [0.25, 0.3) is 0 Å². The molecule has 2 aliphatic carbocycles. The summed E-state index contributed by atoms with van der Waals surface area (Å²) in [6, 6.07) is 0. The quantitative estimate of drug-likeness (QED) is 0.642. The predicted octanol–water partition coefficient (Wildman–Crippen LogP) is 4.43. The highest BCUT2D eigenvalue weighted by Crippen LogP contribution is 2.51. The van der Waals surface area contributed by atoms with Crippen LogP contribution in [0.1, 0.15) is 77.0 Å². The third kappa shape index (κ3) is 1.94. The smallest absolute Gasteiger partial charge is 0.0503 e. The maximum Gasteiger partial charge on any atom is 0.0503 e. The van der Waals surface area contributed by atoms with E-state index in [1.54, 1.807) is 0 Å². The highest BCUT2D eigenvalue weighted by molar-refractivity contribution is 5.17. The van der Waals surface area contributed by atoms with Crippen LogP contribution in [0.5, 0.6) is 0 Å². The van der Waals surface area contributed by atoms with E-state index in [1.807, 2.05) is 5.06 Å². The molecule has 2 saturated carbocycles. The van der Waals surface area contributed by atoms with Crippen LogP contribution in [0.2, 0.25) is 0 Å². The van der Waals surface area contributed by atoms with Gasteiger partial charge in [-0.05, 0) is 38.5 Å². The zero-order chi connectivity index (χ0) is 12.6. The molecular formula is C16H27NO. The van der Waals surface area contributed by atoms with E-state index in [9.17, 15) is 5.21 Å². The number of piperidine rings is 1. The molecule has 3 fully saturated rings. The van der Waals surface area contributed by atoms with Crippen molar-refractivity contribution in [1.29, 1.82) is 0 Å². The lowest BCUT2D eigenvalue weighted by Gasteiger charge is -2.58. The highest BCUT2D eigenvalue weighted by Gasteiger charge is 2.52. The van der Waals surface area contributed by atoms with E-state index in [4.69, 9.17) is 0 Å². The van der Waals surface area contributed by atoms with Crippen LogP contribution in [0.25, 0.3) is 0 Å². The number of hydrogen-bond donors (Lipinski definition) is 1.